The molecule has 114 valence electrons. The highest BCUT2D eigenvalue weighted by molar-refractivity contribution is 7.15. The van der Waals surface area contributed by atoms with E-state index in [4.69, 9.17) is 9.47 Å². The number of carbonyl (C=O) groups is 1. The lowest BCUT2D eigenvalue weighted by molar-refractivity contribution is -0.128. The van der Waals surface area contributed by atoms with Crippen molar-refractivity contribution in [2.24, 2.45) is 0 Å². The minimum atomic E-state index is -0.705. The normalized spacial score (nSPS) is 23.1. The second-order valence-corrected chi connectivity index (χ2v) is 6.53. The molecule has 2 aliphatic rings. The maximum Gasteiger partial charge on any atom is 0.271 e. The Bertz CT molecular complexity index is 714. The van der Waals surface area contributed by atoms with Crippen molar-refractivity contribution >= 4 is 22.4 Å². The number of hydrogen-bond donors (Lipinski definition) is 1. The molecule has 0 radical (unpaired) electrons. The summed E-state index contributed by atoms with van der Waals surface area (Å²) in [5.74, 6) is 1.51. The van der Waals surface area contributed by atoms with Crippen LogP contribution in [-0.4, -0.2) is 28.3 Å². The van der Waals surface area contributed by atoms with Crippen LogP contribution in [0, 0.1) is 0 Å². The summed E-state index contributed by atoms with van der Waals surface area (Å²) in [5.41, 5.74) is 0. The molecule has 1 amide bonds. The van der Waals surface area contributed by atoms with Crippen LogP contribution < -0.4 is 14.8 Å². The molecule has 2 aromatic rings. The van der Waals surface area contributed by atoms with Crippen molar-refractivity contribution in [1.82, 2.24) is 10.2 Å². The van der Waals surface area contributed by atoms with Crippen LogP contribution in [0.1, 0.15) is 30.7 Å². The molecule has 0 spiro atoms. The third kappa shape index (κ3) is 2.52. The molecule has 1 aromatic carbocycles. The third-order valence-electron chi connectivity index (χ3n) is 3.70. The first-order valence-electron chi connectivity index (χ1n) is 7.27. The van der Waals surface area contributed by atoms with Gasteiger partial charge in [0.2, 0.25) is 11.2 Å². The average Bonchev–Trinajstić information content (AvgIpc) is 3.27. The number of rotatable bonds is 3. The number of nitrogens with zero attached hydrogens (tertiary/aromatic N) is 2. The van der Waals surface area contributed by atoms with E-state index in [0.29, 0.717) is 22.5 Å². The van der Waals surface area contributed by atoms with Crippen molar-refractivity contribution in [2.75, 3.05) is 5.32 Å². The number of ether oxygens (including phenoxy) is 2. The second-order valence-electron chi connectivity index (χ2n) is 5.52. The summed E-state index contributed by atoms with van der Waals surface area (Å²) in [7, 11) is 0. The molecule has 1 aliphatic carbocycles. The van der Waals surface area contributed by atoms with E-state index in [1.54, 1.807) is 6.07 Å². The van der Waals surface area contributed by atoms with Crippen LogP contribution in [0.5, 0.6) is 11.5 Å². The molecule has 6 nitrogen and oxygen atoms in total. The molecule has 0 unspecified atom stereocenters. The maximum absolute atomic E-state index is 12.4. The third-order valence-corrected chi connectivity index (χ3v) is 4.70. The maximum atomic E-state index is 12.4. The van der Waals surface area contributed by atoms with Crippen molar-refractivity contribution in [3.8, 4) is 11.5 Å². The number of aromatic nitrogens is 2. The van der Waals surface area contributed by atoms with Crippen LogP contribution in [0.25, 0.3) is 0 Å². The Kier molecular flexibility index (Phi) is 3.22. The van der Waals surface area contributed by atoms with Gasteiger partial charge in [-0.2, -0.15) is 0 Å². The summed E-state index contributed by atoms with van der Waals surface area (Å²) in [6, 6.07) is 7.33. The lowest BCUT2D eigenvalue weighted by Crippen LogP contribution is -2.46. The molecule has 2 heterocycles. The fourth-order valence-electron chi connectivity index (χ4n) is 2.36. The van der Waals surface area contributed by atoms with Crippen molar-refractivity contribution < 1.29 is 14.3 Å². The van der Waals surface area contributed by atoms with E-state index in [0.717, 1.165) is 17.8 Å². The smallest absolute Gasteiger partial charge is 0.271 e. The van der Waals surface area contributed by atoms with Crippen molar-refractivity contribution in [3.63, 3.8) is 0 Å². The Morgan fingerprint density at radius 3 is 2.68 bits per heavy atom. The van der Waals surface area contributed by atoms with Crippen LogP contribution in [0.15, 0.2) is 24.3 Å². The predicted molar refractivity (Wildman–Crippen MR) is 81.5 cm³/mol. The molecule has 1 saturated carbocycles. The zero-order valence-corrected chi connectivity index (χ0v) is 12.8. The van der Waals surface area contributed by atoms with Gasteiger partial charge in [-0.05, 0) is 31.9 Å². The number of benzene rings is 1. The molecule has 1 N–H and O–H groups in total. The molecule has 7 heteroatoms. The van der Waals surface area contributed by atoms with Gasteiger partial charge in [-0.25, -0.2) is 0 Å². The van der Waals surface area contributed by atoms with E-state index in [9.17, 15) is 4.79 Å². The van der Waals surface area contributed by atoms with Crippen LogP contribution in [0.3, 0.4) is 0 Å². The van der Waals surface area contributed by atoms with Gasteiger partial charge in [-0.15, -0.1) is 10.2 Å². The van der Waals surface area contributed by atoms with Crippen LogP contribution in [0.2, 0.25) is 0 Å². The van der Waals surface area contributed by atoms with Crippen LogP contribution in [0.4, 0.5) is 5.13 Å². The van der Waals surface area contributed by atoms with Gasteiger partial charge in [0.15, 0.2) is 11.5 Å². The van der Waals surface area contributed by atoms with Gasteiger partial charge >= 0.3 is 0 Å². The van der Waals surface area contributed by atoms with Gasteiger partial charge < -0.3 is 9.47 Å². The number of para-hydroxylation sites is 2. The van der Waals surface area contributed by atoms with Crippen molar-refractivity contribution in [1.29, 1.82) is 0 Å². The largest absolute Gasteiger partial charge is 0.482 e. The molecule has 0 bridgehead atoms. The zero-order valence-electron chi connectivity index (χ0n) is 12.0. The molecule has 1 fully saturated rings. The van der Waals surface area contributed by atoms with Crippen LogP contribution >= 0.6 is 11.3 Å². The zero-order chi connectivity index (χ0) is 15.1. The first-order valence-corrected chi connectivity index (χ1v) is 8.09. The van der Waals surface area contributed by atoms with Gasteiger partial charge in [-0.1, -0.05) is 23.5 Å². The molecule has 0 saturated heterocycles. The minimum Gasteiger partial charge on any atom is -0.482 e. The van der Waals surface area contributed by atoms with E-state index in [2.05, 4.69) is 15.5 Å². The van der Waals surface area contributed by atoms with Gasteiger partial charge in [0.25, 0.3) is 5.91 Å². The first kappa shape index (κ1) is 13.5. The lowest BCUT2D eigenvalue weighted by atomic mass is 10.1. The Morgan fingerprint density at radius 2 is 1.95 bits per heavy atom. The van der Waals surface area contributed by atoms with Gasteiger partial charge in [0, 0.05) is 5.92 Å². The molecule has 22 heavy (non-hydrogen) atoms. The Labute approximate surface area is 131 Å². The SMILES string of the molecule is C[C@@H]1Oc2ccccc2O[C@@H]1C(=O)Nc1nnc(C2CC2)s1. The Hall–Kier alpha value is -2.15. The van der Waals surface area contributed by atoms with E-state index in [1.807, 2.05) is 25.1 Å². The quantitative estimate of drug-likeness (QED) is 0.942. The molecular weight excluding hydrogens is 302 g/mol. The predicted octanol–water partition coefficient (Wildman–Crippen LogP) is 2.58. The molecule has 1 aromatic heterocycles. The van der Waals surface area contributed by atoms with Crippen molar-refractivity contribution in [2.45, 2.75) is 37.9 Å². The minimum absolute atomic E-state index is 0.263. The van der Waals surface area contributed by atoms with E-state index >= 15 is 0 Å². The van der Waals surface area contributed by atoms with E-state index in [-0.39, 0.29) is 12.0 Å². The highest BCUT2D eigenvalue weighted by Gasteiger charge is 2.35. The van der Waals surface area contributed by atoms with Gasteiger partial charge in [-0.3, -0.25) is 10.1 Å². The van der Waals surface area contributed by atoms with Gasteiger partial charge in [0.1, 0.15) is 11.1 Å². The lowest BCUT2D eigenvalue weighted by Gasteiger charge is -2.30. The van der Waals surface area contributed by atoms with Crippen molar-refractivity contribution in [3.05, 3.63) is 29.3 Å². The van der Waals surface area contributed by atoms with Crippen LogP contribution in [-0.2, 0) is 4.79 Å². The number of anilines is 1. The number of amides is 1. The first-order chi connectivity index (χ1) is 10.7. The molecule has 4 rings (SSSR count). The number of nitrogens with one attached hydrogen (secondary N) is 1. The van der Waals surface area contributed by atoms with E-state index in [1.165, 1.54) is 11.3 Å². The van der Waals surface area contributed by atoms with E-state index < -0.39 is 6.10 Å². The highest BCUT2D eigenvalue weighted by atomic mass is 32.1. The average molecular weight is 317 g/mol. The Morgan fingerprint density at radius 1 is 1.23 bits per heavy atom. The monoisotopic (exact) mass is 317 g/mol. The fraction of sp³-hybridized carbons (Fsp3) is 0.400. The number of carbonyl (C=O) groups excluding carboxylic acids is 1. The molecule has 1 aliphatic heterocycles. The standard InChI is InChI=1S/C15H15N3O3S/c1-8-12(21-11-5-3-2-4-10(11)20-8)13(19)16-15-18-17-14(22-15)9-6-7-9/h2-5,8-9,12H,6-7H2,1H3,(H,16,18,19)/t8-,12-/m0/s1. The highest BCUT2D eigenvalue weighted by Crippen LogP contribution is 2.42. The summed E-state index contributed by atoms with van der Waals surface area (Å²) in [4.78, 5) is 12.4. The van der Waals surface area contributed by atoms with Gasteiger partial charge in [0.05, 0.1) is 0 Å². The number of fused-ring (bicyclic) bond motifs is 1. The summed E-state index contributed by atoms with van der Waals surface area (Å²) in [6.07, 6.45) is 1.25. The number of hydrogen-bond acceptors (Lipinski definition) is 6. The summed E-state index contributed by atoms with van der Waals surface area (Å²) >= 11 is 1.43. The molecular formula is C15H15N3O3S. The summed E-state index contributed by atoms with van der Waals surface area (Å²) in [6.45, 7) is 1.82. The molecule has 2 atom stereocenters. The summed E-state index contributed by atoms with van der Waals surface area (Å²) in [5, 5.41) is 12.4. The Balaban J connectivity index is 1.47. The summed E-state index contributed by atoms with van der Waals surface area (Å²) < 4.78 is 11.5. The second kappa shape index (κ2) is 5.24. The fourth-order valence-corrected chi connectivity index (χ4v) is 3.28. The topological polar surface area (TPSA) is 73.3 Å².